The van der Waals surface area contributed by atoms with Gasteiger partial charge in [0.2, 0.25) is 11.8 Å². The second kappa shape index (κ2) is 11.7. The lowest BCUT2D eigenvalue weighted by Gasteiger charge is -2.34. The summed E-state index contributed by atoms with van der Waals surface area (Å²) in [4.78, 5) is 31.2. The van der Waals surface area contributed by atoms with Crippen LogP contribution in [0.5, 0.6) is 11.6 Å². The highest BCUT2D eigenvalue weighted by Crippen LogP contribution is 2.40. The van der Waals surface area contributed by atoms with Gasteiger partial charge in [0.25, 0.3) is 0 Å². The minimum absolute atomic E-state index is 0.0446. The molecule has 6 nitrogen and oxygen atoms in total. The van der Waals surface area contributed by atoms with Crippen LogP contribution in [0.4, 0.5) is 23.2 Å². The van der Waals surface area contributed by atoms with Crippen LogP contribution in [0.25, 0.3) is 0 Å². The summed E-state index contributed by atoms with van der Waals surface area (Å²) in [5.41, 5.74) is -1.43. The molecule has 1 aromatic heterocycles. The summed E-state index contributed by atoms with van der Waals surface area (Å²) in [6, 6.07) is 2.15. The molecule has 0 atom stereocenters. The van der Waals surface area contributed by atoms with E-state index in [1.807, 2.05) is 0 Å². The molecule has 2 aromatic rings. The lowest BCUT2D eigenvalue weighted by Crippen LogP contribution is -2.43. The maximum atomic E-state index is 15.3. The number of hydrogen-bond acceptors (Lipinski definition) is 5. The Morgan fingerprint density at radius 1 is 1.16 bits per heavy atom. The Kier molecular flexibility index (Phi) is 9.05. The van der Waals surface area contributed by atoms with Gasteiger partial charge in [-0.05, 0) is 57.1 Å². The summed E-state index contributed by atoms with van der Waals surface area (Å²) >= 11 is 5.63. The van der Waals surface area contributed by atoms with Crippen LogP contribution >= 0.6 is 11.6 Å². The Hall–Kier alpha value is -2.88. The van der Waals surface area contributed by atoms with Gasteiger partial charge in [0, 0.05) is 36.2 Å². The number of carbonyl (C=O) groups excluding carboxylic acids is 2. The van der Waals surface area contributed by atoms with Gasteiger partial charge in [-0.3, -0.25) is 4.79 Å². The summed E-state index contributed by atoms with van der Waals surface area (Å²) in [6.45, 7) is 5.57. The normalized spacial score (nSPS) is 18.0. The van der Waals surface area contributed by atoms with E-state index in [0.717, 1.165) is 44.3 Å². The first-order valence-electron chi connectivity index (χ1n) is 11.9. The van der Waals surface area contributed by atoms with Crippen molar-refractivity contribution in [1.82, 2.24) is 4.98 Å². The molecular formula is C26H29ClF4N2O4. The highest BCUT2D eigenvalue weighted by atomic mass is 35.5. The van der Waals surface area contributed by atoms with Gasteiger partial charge in [-0.1, -0.05) is 6.92 Å². The zero-order valence-corrected chi connectivity index (χ0v) is 21.8. The van der Waals surface area contributed by atoms with Gasteiger partial charge in [-0.25, -0.2) is 14.2 Å². The zero-order chi connectivity index (χ0) is 27.5. The van der Waals surface area contributed by atoms with Gasteiger partial charge in [-0.15, -0.1) is 11.6 Å². The molecule has 0 aliphatic heterocycles. The minimum Gasteiger partial charge on any atom is -0.465 e. The van der Waals surface area contributed by atoms with Gasteiger partial charge in [0.1, 0.15) is 5.56 Å². The summed E-state index contributed by atoms with van der Waals surface area (Å²) in [5.74, 6) is -3.82. The number of alkyl halides is 4. The predicted octanol–water partition coefficient (Wildman–Crippen LogP) is 7.12. The topological polar surface area (TPSA) is 68.7 Å². The van der Waals surface area contributed by atoms with Crippen LogP contribution in [-0.4, -0.2) is 30.0 Å². The summed E-state index contributed by atoms with van der Waals surface area (Å²) in [7, 11) is 1.11. The van der Waals surface area contributed by atoms with Gasteiger partial charge >= 0.3 is 12.1 Å². The molecule has 0 N–H and O–H groups in total. The van der Waals surface area contributed by atoms with E-state index in [-0.39, 0.29) is 34.5 Å². The average Bonchev–Trinajstić information content (AvgIpc) is 2.84. The molecule has 202 valence electrons. The van der Waals surface area contributed by atoms with Crippen molar-refractivity contribution in [2.24, 2.45) is 11.8 Å². The van der Waals surface area contributed by atoms with Gasteiger partial charge in [0.05, 0.1) is 18.4 Å². The fourth-order valence-electron chi connectivity index (χ4n) is 4.41. The molecule has 1 heterocycles. The monoisotopic (exact) mass is 544 g/mol. The smallest absolute Gasteiger partial charge is 0.421 e. The van der Waals surface area contributed by atoms with Crippen LogP contribution in [0.1, 0.15) is 67.9 Å². The maximum absolute atomic E-state index is 15.3. The molecular weight excluding hydrogens is 516 g/mol. The third-order valence-electron chi connectivity index (χ3n) is 6.41. The van der Waals surface area contributed by atoms with E-state index in [2.05, 4.69) is 11.9 Å². The number of ether oxygens (including phenoxy) is 2. The Labute approximate surface area is 217 Å². The van der Waals surface area contributed by atoms with E-state index >= 15 is 4.39 Å². The van der Waals surface area contributed by atoms with Gasteiger partial charge < -0.3 is 14.4 Å². The van der Waals surface area contributed by atoms with E-state index in [1.165, 1.54) is 4.90 Å². The number of rotatable bonds is 7. The molecule has 0 radical (unpaired) electrons. The van der Waals surface area contributed by atoms with E-state index in [1.54, 1.807) is 13.8 Å². The highest BCUT2D eigenvalue weighted by molar-refractivity contribution is 6.17. The number of amides is 1. The van der Waals surface area contributed by atoms with Crippen LogP contribution in [0.3, 0.4) is 0 Å². The van der Waals surface area contributed by atoms with Crippen molar-refractivity contribution in [2.75, 3.05) is 12.0 Å². The van der Waals surface area contributed by atoms with Crippen LogP contribution in [-0.2, 0) is 21.6 Å². The molecule has 1 saturated carbocycles. The lowest BCUT2D eigenvalue weighted by molar-refractivity contribution is -0.139. The number of pyridine rings is 1. The first-order valence-corrected chi connectivity index (χ1v) is 12.5. The molecule has 1 amide bonds. The molecule has 0 saturated heterocycles. The molecule has 1 fully saturated rings. The third kappa shape index (κ3) is 6.52. The van der Waals surface area contributed by atoms with Crippen LogP contribution in [0.2, 0.25) is 0 Å². The van der Waals surface area contributed by atoms with Crippen molar-refractivity contribution >= 4 is 29.2 Å². The molecule has 11 heteroatoms. The summed E-state index contributed by atoms with van der Waals surface area (Å²) in [5, 5.41) is 0. The molecule has 1 aliphatic rings. The number of hydrogen-bond donors (Lipinski definition) is 0. The fourth-order valence-corrected chi connectivity index (χ4v) is 4.55. The number of benzene rings is 1. The molecule has 1 aromatic carbocycles. The number of halogens is 5. The van der Waals surface area contributed by atoms with Gasteiger partial charge in [0.15, 0.2) is 11.6 Å². The zero-order valence-electron chi connectivity index (χ0n) is 21.0. The number of aromatic nitrogens is 1. The number of esters is 1. The number of nitrogens with zero attached hydrogens (tertiary/aromatic N) is 2. The third-order valence-corrected chi connectivity index (χ3v) is 6.72. The predicted molar refractivity (Wildman–Crippen MR) is 130 cm³/mol. The second-order valence-corrected chi connectivity index (χ2v) is 9.75. The van der Waals surface area contributed by atoms with Crippen molar-refractivity contribution in [3.63, 3.8) is 0 Å². The standard InChI is InChI=1S/C26H29ClF4N2O4/c1-14(2)33(24(34)17-7-5-15(3)6-8-17)21-11-20(28)22(10-18(21)25(35)36-4)37-23-19(26(29,30)31)9-16(12-27)13-32-23/h9-11,13-15,17H,5-8,12H2,1-4H3/t15-,17-. The van der Waals surface area contributed by atoms with Gasteiger partial charge in [-0.2, -0.15) is 13.2 Å². The summed E-state index contributed by atoms with van der Waals surface area (Å²) < 4.78 is 66.2. The quantitative estimate of drug-likeness (QED) is 0.211. The van der Waals surface area contributed by atoms with E-state index in [4.69, 9.17) is 21.1 Å². The van der Waals surface area contributed by atoms with Crippen molar-refractivity contribution in [1.29, 1.82) is 0 Å². The van der Waals surface area contributed by atoms with Crippen molar-refractivity contribution in [3.05, 3.63) is 46.9 Å². The molecule has 3 rings (SSSR count). The second-order valence-electron chi connectivity index (χ2n) is 9.48. The van der Waals surface area contributed by atoms with E-state index in [0.29, 0.717) is 18.8 Å². The van der Waals surface area contributed by atoms with Crippen LogP contribution in [0.15, 0.2) is 24.4 Å². The number of methoxy groups -OCH3 is 1. The van der Waals surface area contributed by atoms with Crippen molar-refractivity contribution in [2.45, 2.75) is 64.6 Å². The van der Waals surface area contributed by atoms with E-state index < -0.39 is 41.2 Å². The molecule has 0 unspecified atom stereocenters. The van der Waals surface area contributed by atoms with E-state index in [9.17, 15) is 22.8 Å². The summed E-state index contributed by atoms with van der Waals surface area (Å²) in [6.07, 6.45) is -0.677. The van der Waals surface area contributed by atoms with Crippen LogP contribution in [0, 0.1) is 17.7 Å². The molecule has 37 heavy (non-hydrogen) atoms. The molecule has 1 aliphatic carbocycles. The van der Waals surface area contributed by atoms with Crippen LogP contribution < -0.4 is 9.64 Å². The maximum Gasteiger partial charge on any atom is 0.421 e. The highest BCUT2D eigenvalue weighted by Gasteiger charge is 2.37. The minimum atomic E-state index is -4.86. The van der Waals surface area contributed by atoms with Crippen molar-refractivity contribution in [3.8, 4) is 11.6 Å². The average molecular weight is 545 g/mol. The SMILES string of the molecule is COC(=O)c1cc(Oc2ncc(CCl)cc2C(F)(F)F)c(F)cc1N(C(=O)[C@H]1CC[C@H](C)CC1)C(C)C. The van der Waals surface area contributed by atoms with Crippen molar-refractivity contribution < 1.29 is 36.6 Å². The lowest BCUT2D eigenvalue weighted by atomic mass is 9.82. The Morgan fingerprint density at radius 2 is 1.81 bits per heavy atom. The molecule has 0 spiro atoms. The first kappa shape index (κ1) is 28.7. The first-order chi connectivity index (χ1) is 17.4. The Bertz CT molecular complexity index is 1150. The number of anilines is 1. The fraction of sp³-hybridized carbons (Fsp3) is 0.500. The molecule has 0 bridgehead atoms. The number of carbonyl (C=O) groups is 2. The Morgan fingerprint density at radius 3 is 2.35 bits per heavy atom. The Balaban J connectivity index is 2.07. The largest absolute Gasteiger partial charge is 0.465 e.